The van der Waals surface area contributed by atoms with Gasteiger partial charge in [-0.3, -0.25) is 4.79 Å². The number of nitrogens with two attached hydrogens (primary N) is 1. The van der Waals surface area contributed by atoms with Crippen LogP contribution in [0.2, 0.25) is 5.15 Å². The molecule has 0 aliphatic carbocycles. The van der Waals surface area contributed by atoms with E-state index in [1.807, 2.05) is 0 Å². The molecule has 0 aromatic carbocycles. The summed E-state index contributed by atoms with van der Waals surface area (Å²) in [4.78, 5) is 17.5. The lowest BCUT2D eigenvalue weighted by molar-refractivity contribution is 0.0572. The number of β-amino-alcohol motifs (C(OH)–C–C–N with tert-alkyl or cyclic N) is 1. The van der Waals surface area contributed by atoms with Crippen molar-refractivity contribution in [3.8, 4) is 0 Å². The Morgan fingerprint density at radius 3 is 3.00 bits per heavy atom. The molecule has 5 nitrogen and oxygen atoms in total. The minimum Gasteiger partial charge on any atom is -0.397 e. The Hall–Kier alpha value is -1.33. The van der Waals surface area contributed by atoms with E-state index in [0.29, 0.717) is 25.2 Å². The predicted octanol–water partition coefficient (Wildman–Crippen LogP) is 0.914. The van der Waals surface area contributed by atoms with E-state index >= 15 is 0 Å². The minimum absolute atomic E-state index is 0.135. The van der Waals surface area contributed by atoms with Gasteiger partial charge >= 0.3 is 0 Å². The number of hydrogen-bond acceptors (Lipinski definition) is 4. The van der Waals surface area contributed by atoms with Gasteiger partial charge in [-0.2, -0.15) is 0 Å². The molecule has 1 aromatic rings. The lowest BCUT2D eigenvalue weighted by atomic mass is 10.1. The number of likely N-dealkylation sites (tertiary alicyclic amines) is 1. The zero-order valence-corrected chi connectivity index (χ0v) is 10.2. The summed E-state index contributed by atoms with van der Waals surface area (Å²) in [6.07, 6.45) is 1.96. The first-order chi connectivity index (χ1) is 7.89. The Kier molecular flexibility index (Phi) is 2.97. The van der Waals surface area contributed by atoms with E-state index in [0.717, 1.165) is 0 Å². The molecule has 1 atom stereocenters. The molecule has 1 aliphatic heterocycles. The smallest absolute Gasteiger partial charge is 0.257 e. The predicted molar refractivity (Wildman–Crippen MR) is 64.8 cm³/mol. The summed E-state index contributed by atoms with van der Waals surface area (Å²) in [6, 6.07) is 1.50. The van der Waals surface area contributed by atoms with Crippen LogP contribution in [-0.2, 0) is 0 Å². The van der Waals surface area contributed by atoms with Gasteiger partial charge < -0.3 is 15.7 Å². The largest absolute Gasteiger partial charge is 0.397 e. The highest BCUT2D eigenvalue weighted by Gasteiger charge is 2.35. The molecule has 6 heteroatoms. The van der Waals surface area contributed by atoms with Crippen LogP contribution in [-0.4, -0.2) is 39.6 Å². The summed E-state index contributed by atoms with van der Waals surface area (Å²) in [6.45, 7) is 2.52. The van der Waals surface area contributed by atoms with Crippen LogP contribution in [0.1, 0.15) is 23.7 Å². The number of aromatic nitrogens is 1. The SMILES string of the molecule is CC1(O)CCN(C(=O)c2cc(N)cnc2Cl)C1. The molecule has 1 aromatic heterocycles. The fourth-order valence-electron chi connectivity index (χ4n) is 1.90. The Bertz CT molecular complexity index is 462. The van der Waals surface area contributed by atoms with Gasteiger partial charge in [-0.15, -0.1) is 0 Å². The molecule has 1 saturated heterocycles. The van der Waals surface area contributed by atoms with Crippen LogP contribution in [0.4, 0.5) is 5.69 Å². The Labute approximate surface area is 104 Å². The van der Waals surface area contributed by atoms with Crippen LogP contribution in [0, 0.1) is 0 Å². The first kappa shape index (κ1) is 12.1. The third-order valence-electron chi connectivity index (χ3n) is 2.83. The average molecular weight is 256 g/mol. The van der Waals surface area contributed by atoms with Crippen molar-refractivity contribution in [2.75, 3.05) is 18.8 Å². The number of pyridine rings is 1. The summed E-state index contributed by atoms with van der Waals surface area (Å²) in [5, 5.41) is 9.95. The van der Waals surface area contributed by atoms with Gasteiger partial charge in [-0.05, 0) is 19.4 Å². The molecule has 0 spiro atoms. The highest BCUT2D eigenvalue weighted by molar-refractivity contribution is 6.32. The second-order valence-electron chi connectivity index (χ2n) is 4.58. The van der Waals surface area contributed by atoms with Crippen molar-refractivity contribution in [3.63, 3.8) is 0 Å². The topological polar surface area (TPSA) is 79.5 Å². The molecule has 0 bridgehead atoms. The third-order valence-corrected chi connectivity index (χ3v) is 3.13. The summed E-state index contributed by atoms with van der Waals surface area (Å²) in [5.74, 6) is -0.243. The number of rotatable bonds is 1. The molecular formula is C11H14ClN3O2. The first-order valence-corrected chi connectivity index (χ1v) is 5.69. The van der Waals surface area contributed by atoms with Crippen LogP contribution in [0.5, 0.6) is 0 Å². The molecule has 1 unspecified atom stereocenters. The van der Waals surface area contributed by atoms with Gasteiger partial charge in [0, 0.05) is 13.1 Å². The van der Waals surface area contributed by atoms with Gasteiger partial charge in [0.2, 0.25) is 0 Å². The number of carbonyl (C=O) groups is 1. The number of amides is 1. The average Bonchev–Trinajstić information content (AvgIpc) is 2.61. The first-order valence-electron chi connectivity index (χ1n) is 5.32. The summed E-state index contributed by atoms with van der Waals surface area (Å²) in [7, 11) is 0. The maximum atomic E-state index is 12.1. The second kappa shape index (κ2) is 4.16. The van der Waals surface area contributed by atoms with E-state index < -0.39 is 5.60 Å². The van der Waals surface area contributed by atoms with Crippen molar-refractivity contribution in [2.45, 2.75) is 18.9 Å². The van der Waals surface area contributed by atoms with E-state index in [4.69, 9.17) is 17.3 Å². The van der Waals surface area contributed by atoms with Crippen LogP contribution >= 0.6 is 11.6 Å². The monoisotopic (exact) mass is 255 g/mol. The van der Waals surface area contributed by atoms with Crippen molar-refractivity contribution in [1.82, 2.24) is 9.88 Å². The maximum Gasteiger partial charge on any atom is 0.257 e. The summed E-state index contributed by atoms with van der Waals surface area (Å²) in [5.41, 5.74) is 5.43. The molecule has 92 valence electrons. The van der Waals surface area contributed by atoms with E-state index in [1.54, 1.807) is 11.8 Å². The molecule has 1 amide bonds. The van der Waals surface area contributed by atoms with E-state index in [2.05, 4.69) is 4.98 Å². The number of halogens is 1. The molecule has 2 heterocycles. The molecule has 2 rings (SSSR count). The Morgan fingerprint density at radius 1 is 1.71 bits per heavy atom. The number of hydrogen-bond donors (Lipinski definition) is 2. The van der Waals surface area contributed by atoms with Crippen molar-refractivity contribution in [3.05, 3.63) is 23.0 Å². The molecule has 1 fully saturated rings. The highest BCUT2D eigenvalue weighted by Crippen LogP contribution is 2.24. The van der Waals surface area contributed by atoms with Gasteiger partial charge in [0.1, 0.15) is 5.15 Å². The normalized spacial score (nSPS) is 24.1. The van der Waals surface area contributed by atoms with Gasteiger partial charge in [0.15, 0.2) is 0 Å². The highest BCUT2D eigenvalue weighted by atomic mass is 35.5. The van der Waals surface area contributed by atoms with Gasteiger partial charge in [-0.1, -0.05) is 11.6 Å². The zero-order valence-electron chi connectivity index (χ0n) is 9.48. The lowest BCUT2D eigenvalue weighted by Gasteiger charge is -2.19. The molecule has 17 heavy (non-hydrogen) atoms. The van der Waals surface area contributed by atoms with Crippen LogP contribution in [0.25, 0.3) is 0 Å². The van der Waals surface area contributed by atoms with Crippen molar-refractivity contribution in [1.29, 1.82) is 0 Å². The van der Waals surface area contributed by atoms with E-state index in [9.17, 15) is 9.90 Å². The number of carbonyl (C=O) groups excluding carboxylic acids is 1. The van der Waals surface area contributed by atoms with Crippen LogP contribution in [0.3, 0.4) is 0 Å². The third kappa shape index (κ3) is 2.50. The number of nitrogens with zero attached hydrogens (tertiary/aromatic N) is 2. The molecule has 1 aliphatic rings. The molecule has 3 N–H and O–H groups in total. The Morgan fingerprint density at radius 2 is 2.41 bits per heavy atom. The fourth-order valence-corrected chi connectivity index (χ4v) is 2.09. The van der Waals surface area contributed by atoms with Crippen molar-refractivity contribution in [2.24, 2.45) is 0 Å². The molecular weight excluding hydrogens is 242 g/mol. The van der Waals surface area contributed by atoms with Crippen LogP contribution in [0.15, 0.2) is 12.3 Å². The second-order valence-corrected chi connectivity index (χ2v) is 4.94. The fraction of sp³-hybridized carbons (Fsp3) is 0.455. The van der Waals surface area contributed by atoms with Gasteiger partial charge in [0.05, 0.1) is 23.0 Å². The summed E-state index contributed by atoms with van der Waals surface area (Å²) < 4.78 is 0. The van der Waals surface area contributed by atoms with E-state index in [1.165, 1.54) is 12.3 Å². The van der Waals surface area contributed by atoms with Crippen molar-refractivity contribution < 1.29 is 9.90 Å². The van der Waals surface area contributed by atoms with Gasteiger partial charge in [0.25, 0.3) is 5.91 Å². The standard InChI is InChI=1S/C11H14ClN3O2/c1-11(17)2-3-15(6-11)10(16)8-4-7(13)5-14-9(8)12/h4-5,17H,2-3,6,13H2,1H3. The van der Waals surface area contributed by atoms with Crippen molar-refractivity contribution >= 4 is 23.2 Å². The maximum absolute atomic E-state index is 12.1. The number of nitrogen functional groups attached to an aromatic ring is 1. The molecule has 0 radical (unpaired) electrons. The summed E-state index contributed by atoms with van der Waals surface area (Å²) >= 11 is 5.86. The van der Waals surface area contributed by atoms with E-state index in [-0.39, 0.29) is 16.6 Å². The minimum atomic E-state index is -0.824. The Balaban J connectivity index is 2.23. The number of aliphatic hydroxyl groups is 1. The lowest BCUT2D eigenvalue weighted by Crippen LogP contribution is -2.34. The zero-order chi connectivity index (χ0) is 12.6. The quantitative estimate of drug-likeness (QED) is 0.731. The molecule has 0 saturated carbocycles. The van der Waals surface area contributed by atoms with Gasteiger partial charge in [-0.25, -0.2) is 4.98 Å². The number of anilines is 1. The van der Waals surface area contributed by atoms with Crippen LogP contribution < -0.4 is 5.73 Å².